The number of oxime groups is 1. The highest BCUT2D eigenvalue weighted by Gasteiger charge is 2.31. The van der Waals surface area contributed by atoms with Gasteiger partial charge in [-0.25, -0.2) is 4.98 Å². The van der Waals surface area contributed by atoms with Gasteiger partial charge in [0.25, 0.3) is 0 Å². The second-order valence-corrected chi connectivity index (χ2v) is 9.87. The molecule has 1 fully saturated rings. The van der Waals surface area contributed by atoms with Crippen LogP contribution in [0, 0.1) is 0 Å². The normalized spacial score (nSPS) is 21.1. The molecule has 1 atom stereocenters. The largest absolute Gasteiger partial charge is 0.387 e. The second-order valence-electron chi connectivity index (χ2n) is 8.98. The minimum absolute atomic E-state index is 0.0511. The third-order valence-corrected chi connectivity index (χ3v) is 6.97. The zero-order valence-electron chi connectivity index (χ0n) is 17.6. The highest BCUT2D eigenvalue weighted by Crippen LogP contribution is 2.35. The molecule has 0 amide bonds. The Kier molecular flexibility index (Phi) is 5.58. The smallest absolute Gasteiger partial charge is 0.160 e. The molecule has 2 aliphatic heterocycles. The molecule has 4 rings (SSSR count). The molecule has 0 bridgehead atoms. The summed E-state index contributed by atoms with van der Waals surface area (Å²) in [7, 11) is 0. The molecule has 0 aliphatic carbocycles. The average Bonchev–Trinajstić information content (AvgIpc) is 3.37. The number of carbonyl (C=O) groups excluding carboxylic acids is 1. The summed E-state index contributed by atoms with van der Waals surface area (Å²) in [5, 5.41) is 7.62. The third-order valence-electron chi connectivity index (χ3n) is 5.97. The molecule has 2 aromatic rings. The summed E-state index contributed by atoms with van der Waals surface area (Å²) in [4.78, 5) is 25.1. The quantitative estimate of drug-likeness (QED) is 0.650. The van der Waals surface area contributed by atoms with Crippen molar-refractivity contribution in [3.63, 3.8) is 0 Å². The minimum atomic E-state index is -0.217. The number of Topliss-reactive ketones (excluding diaryl/α,β-unsaturated/α-hetero) is 1. The first-order valence-electron chi connectivity index (χ1n) is 10.4. The van der Waals surface area contributed by atoms with Gasteiger partial charge in [-0.2, -0.15) is 0 Å². The molecule has 2 aliphatic rings. The van der Waals surface area contributed by atoms with Crippen molar-refractivity contribution in [1.29, 1.82) is 0 Å². The predicted molar refractivity (Wildman–Crippen MR) is 117 cm³/mol. The molecule has 6 heteroatoms. The zero-order chi connectivity index (χ0) is 20.6. The van der Waals surface area contributed by atoms with Gasteiger partial charge in [0.15, 0.2) is 11.9 Å². The van der Waals surface area contributed by atoms with Crippen LogP contribution in [0.15, 0.2) is 34.8 Å². The number of piperidine rings is 1. The topological polar surface area (TPSA) is 54.8 Å². The number of aromatic nitrogens is 1. The first-order valence-corrected chi connectivity index (χ1v) is 11.2. The Labute approximate surface area is 176 Å². The van der Waals surface area contributed by atoms with Crippen molar-refractivity contribution in [2.45, 2.75) is 64.5 Å². The number of carbonyl (C=O) groups is 1. The van der Waals surface area contributed by atoms with Gasteiger partial charge >= 0.3 is 0 Å². The predicted octanol–water partition coefficient (Wildman–Crippen LogP) is 5.19. The van der Waals surface area contributed by atoms with Crippen LogP contribution in [-0.4, -0.2) is 40.0 Å². The van der Waals surface area contributed by atoms with Crippen molar-refractivity contribution in [2.75, 3.05) is 13.1 Å². The van der Waals surface area contributed by atoms with Gasteiger partial charge in [-0.05, 0) is 53.6 Å². The molecule has 29 heavy (non-hydrogen) atoms. The lowest BCUT2D eigenvalue weighted by molar-refractivity contribution is 0.0832. The highest BCUT2D eigenvalue weighted by atomic mass is 32.1. The Hall–Kier alpha value is -2.05. The first kappa shape index (κ1) is 20.2. The number of rotatable bonds is 4. The van der Waals surface area contributed by atoms with Crippen molar-refractivity contribution in [1.82, 2.24) is 9.88 Å². The van der Waals surface area contributed by atoms with Crippen LogP contribution in [0.4, 0.5) is 0 Å². The molecule has 1 aromatic carbocycles. The fourth-order valence-electron chi connectivity index (χ4n) is 4.20. The van der Waals surface area contributed by atoms with Gasteiger partial charge in [0.05, 0.1) is 10.7 Å². The Bertz CT molecular complexity index is 920. The summed E-state index contributed by atoms with van der Waals surface area (Å²) in [5.74, 6) is 0.583. The fraction of sp³-hybridized carbons (Fsp3) is 0.522. The van der Waals surface area contributed by atoms with E-state index in [1.807, 2.05) is 24.3 Å². The van der Waals surface area contributed by atoms with E-state index in [2.05, 4.69) is 36.2 Å². The number of benzene rings is 1. The maximum absolute atomic E-state index is 11.9. The van der Waals surface area contributed by atoms with Crippen LogP contribution in [0.25, 0.3) is 0 Å². The molecule has 1 unspecified atom stereocenters. The summed E-state index contributed by atoms with van der Waals surface area (Å²) in [6.07, 6.45) is 2.74. The molecule has 3 heterocycles. The lowest BCUT2D eigenvalue weighted by Gasteiger charge is -2.40. The van der Waals surface area contributed by atoms with Crippen LogP contribution in [0.1, 0.15) is 85.6 Å². The van der Waals surface area contributed by atoms with Crippen molar-refractivity contribution >= 4 is 22.8 Å². The van der Waals surface area contributed by atoms with Crippen LogP contribution in [-0.2, 0) is 4.84 Å². The fourth-order valence-corrected chi connectivity index (χ4v) is 5.20. The molecule has 154 valence electrons. The lowest BCUT2D eigenvalue weighted by Crippen LogP contribution is -2.45. The second kappa shape index (κ2) is 8.00. The standard InChI is InChI=1S/C23H29N3O2S/c1-15(27)17-7-5-6-8-18(17)21-13-19(25-28-21)20-14-29-22(24-20)16-9-11-26(12-10-16)23(2,3)4/h5-8,14,16,21H,9-13H2,1-4H3. The summed E-state index contributed by atoms with van der Waals surface area (Å²) < 4.78 is 0. The Balaban J connectivity index is 1.42. The van der Waals surface area contributed by atoms with Gasteiger partial charge < -0.3 is 4.84 Å². The maximum Gasteiger partial charge on any atom is 0.160 e. The van der Waals surface area contributed by atoms with E-state index in [-0.39, 0.29) is 17.4 Å². The van der Waals surface area contributed by atoms with E-state index in [1.54, 1.807) is 18.3 Å². The summed E-state index contributed by atoms with van der Waals surface area (Å²) in [6, 6.07) is 7.63. The van der Waals surface area contributed by atoms with Crippen molar-refractivity contribution in [2.24, 2.45) is 5.16 Å². The number of ketones is 1. The highest BCUT2D eigenvalue weighted by molar-refractivity contribution is 7.10. The van der Waals surface area contributed by atoms with Gasteiger partial charge in [0, 0.05) is 34.4 Å². The molecule has 1 aromatic heterocycles. The molecule has 1 saturated heterocycles. The van der Waals surface area contributed by atoms with E-state index in [4.69, 9.17) is 9.82 Å². The summed E-state index contributed by atoms with van der Waals surface area (Å²) in [6.45, 7) is 10.7. The van der Waals surface area contributed by atoms with Gasteiger partial charge in [0.2, 0.25) is 0 Å². The van der Waals surface area contributed by atoms with Crippen LogP contribution in [0.3, 0.4) is 0 Å². The molecular formula is C23H29N3O2S. The van der Waals surface area contributed by atoms with Crippen molar-refractivity contribution < 1.29 is 9.63 Å². The van der Waals surface area contributed by atoms with Crippen LogP contribution >= 0.6 is 11.3 Å². The molecular weight excluding hydrogens is 382 g/mol. The van der Waals surface area contributed by atoms with Gasteiger partial charge in [-0.15, -0.1) is 11.3 Å². The summed E-state index contributed by atoms with van der Waals surface area (Å²) >= 11 is 1.74. The van der Waals surface area contributed by atoms with E-state index >= 15 is 0 Å². The third kappa shape index (κ3) is 4.28. The van der Waals surface area contributed by atoms with E-state index < -0.39 is 0 Å². The molecule has 0 N–H and O–H groups in total. The Morgan fingerprint density at radius 3 is 2.62 bits per heavy atom. The average molecular weight is 412 g/mol. The zero-order valence-corrected chi connectivity index (χ0v) is 18.5. The van der Waals surface area contributed by atoms with E-state index in [1.165, 1.54) is 5.01 Å². The number of hydrogen-bond donors (Lipinski definition) is 0. The van der Waals surface area contributed by atoms with Gasteiger partial charge in [-0.3, -0.25) is 9.69 Å². The molecule has 5 nitrogen and oxygen atoms in total. The van der Waals surface area contributed by atoms with E-state index in [9.17, 15) is 4.79 Å². The number of likely N-dealkylation sites (tertiary alicyclic amines) is 1. The van der Waals surface area contributed by atoms with Gasteiger partial charge in [0.1, 0.15) is 5.71 Å². The van der Waals surface area contributed by atoms with Crippen molar-refractivity contribution in [3.8, 4) is 0 Å². The maximum atomic E-state index is 11.9. The number of thiazole rings is 1. The molecule has 0 saturated carbocycles. The summed E-state index contributed by atoms with van der Waals surface area (Å²) in [5.41, 5.74) is 3.65. The molecule has 0 radical (unpaired) electrons. The Morgan fingerprint density at radius 1 is 1.21 bits per heavy atom. The van der Waals surface area contributed by atoms with E-state index in [0.29, 0.717) is 17.9 Å². The van der Waals surface area contributed by atoms with Crippen LogP contribution < -0.4 is 0 Å². The lowest BCUT2D eigenvalue weighted by atomic mass is 9.93. The monoisotopic (exact) mass is 411 g/mol. The Morgan fingerprint density at radius 2 is 1.93 bits per heavy atom. The SMILES string of the molecule is CC(=O)c1ccccc1C1CC(c2csc(C3CCN(C(C)(C)C)CC3)n2)=NO1. The minimum Gasteiger partial charge on any atom is -0.387 e. The van der Waals surface area contributed by atoms with Gasteiger partial charge in [-0.1, -0.05) is 29.4 Å². The number of hydrogen-bond acceptors (Lipinski definition) is 6. The van der Waals surface area contributed by atoms with Crippen LogP contribution in [0.2, 0.25) is 0 Å². The van der Waals surface area contributed by atoms with Crippen LogP contribution in [0.5, 0.6) is 0 Å². The molecule has 0 spiro atoms. The van der Waals surface area contributed by atoms with Crippen molar-refractivity contribution in [3.05, 3.63) is 51.5 Å². The first-order chi connectivity index (χ1) is 13.8. The van der Waals surface area contributed by atoms with E-state index in [0.717, 1.165) is 42.9 Å². The number of nitrogens with zero attached hydrogens (tertiary/aromatic N) is 3.